The van der Waals surface area contributed by atoms with Crippen molar-refractivity contribution in [3.63, 3.8) is 0 Å². The lowest BCUT2D eigenvalue weighted by atomic mass is 10.1. The van der Waals surface area contributed by atoms with Gasteiger partial charge in [0.25, 0.3) is 5.91 Å². The van der Waals surface area contributed by atoms with Crippen molar-refractivity contribution < 1.29 is 14.7 Å². The van der Waals surface area contributed by atoms with E-state index in [0.717, 1.165) is 11.3 Å². The summed E-state index contributed by atoms with van der Waals surface area (Å²) in [6.45, 7) is 2.02. The van der Waals surface area contributed by atoms with Gasteiger partial charge in [-0.15, -0.1) is 0 Å². The number of hydrogen-bond acceptors (Lipinski definition) is 4. The smallest absolute Gasteiger partial charge is 0.328 e. The van der Waals surface area contributed by atoms with Crippen molar-refractivity contribution in [3.8, 4) is 0 Å². The lowest BCUT2D eigenvalue weighted by Gasteiger charge is -2.24. The Balaban J connectivity index is 1.79. The molecular weight excluding hydrogens is 332 g/mol. The predicted octanol–water partition coefficient (Wildman–Crippen LogP) is 1.96. The van der Waals surface area contributed by atoms with Crippen molar-refractivity contribution in [2.45, 2.75) is 13.0 Å². The van der Waals surface area contributed by atoms with Crippen LogP contribution in [0.5, 0.6) is 0 Å². The van der Waals surface area contributed by atoms with Gasteiger partial charge < -0.3 is 15.3 Å². The summed E-state index contributed by atoms with van der Waals surface area (Å²) in [7, 11) is 1.79. The molecule has 7 nitrogen and oxygen atoms in total. The van der Waals surface area contributed by atoms with Crippen LogP contribution in [-0.2, 0) is 4.79 Å². The largest absolute Gasteiger partial charge is 0.480 e. The molecule has 0 aliphatic heterocycles. The molecule has 0 bridgehead atoms. The van der Waals surface area contributed by atoms with E-state index in [2.05, 4.69) is 10.4 Å². The van der Waals surface area contributed by atoms with Gasteiger partial charge in [-0.25, -0.2) is 9.31 Å². The first kappa shape index (κ1) is 17.5. The molecule has 2 heterocycles. The number of para-hydroxylation sites is 1. The van der Waals surface area contributed by atoms with Crippen LogP contribution in [0.4, 0.5) is 5.69 Å². The predicted molar refractivity (Wildman–Crippen MR) is 98.5 cm³/mol. The molecule has 1 amide bonds. The molecule has 2 aromatic heterocycles. The number of carbonyl (C=O) groups excluding carboxylic acids is 1. The van der Waals surface area contributed by atoms with E-state index in [0.29, 0.717) is 11.1 Å². The van der Waals surface area contributed by atoms with Crippen LogP contribution in [0.1, 0.15) is 15.9 Å². The topological polar surface area (TPSA) is 86.9 Å². The van der Waals surface area contributed by atoms with Crippen molar-refractivity contribution in [2.24, 2.45) is 0 Å². The first-order valence-electron chi connectivity index (χ1n) is 8.20. The van der Waals surface area contributed by atoms with Gasteiger partial charge >= 0.3 is 5.97 Å². The number of hydrogen-bond donors (Lipinski definition) is 2. The summed E-state index contributed by atoms with van der Waals surface area (Å²) in [5.74, 6) is -1.54. The summed E-state index contributed by atoms with van der Waals surface area (Å²) in [5.41, 5.74) is 2.80. The second-order valence-corrected chi connectivity index (χ2v) is 6.12. The van der Waals surface area contributed by atoms with Gasteiger partial charge in [-0.3, -0.25) is 4.79 Å². The summed E-state index contributed by atoms with van der Waals surface area (Å²) in [6, 6.07) is 12.1. The van der Waals surface area contributed by atoms with Crippen LogP contribution in [0, 0.1) is 6.92 Å². The minimum Gasteiger partial charge on any atom is -0.480 e. The van der Waals surface area contributed by atoms with Gasteiger partial charge in [0.1, 0.15) is 6.04 Å². The molecule has 1 unspecified atom stereocenters. The summed E-state index contributed by atoms with van der Waals surface area (Å²) in [4.78, 5) is 26.1. The molecule has 26 heavy (non-hydrogen) atoms. The third-order valence-electron chi connectivity index (χ3n) is 4.24. The van der Waals surface area contributed by atoms with Crippen molar-refractivity contribution >= 4 is 23.1 Å². The number of aryl methyl sites for hydroxylation is 1. The number of amides is 1. The van der Waals surface area contributed by atoms with Crippen LogP contribution in [-0.4, -0.2) is 46.2 Å². The molecule has 0 radical (unpaired) electrons. The van der Waals surface area contributed by atoms with Crippen molar-refractivity contribution in [3.05, 3.63) is 66.0 Å². The molecule has 0 fully saturated rings. The molecular formula is C19H20N4O3. The minimum atomic E-state index is -1.09. The minimum absolute atomic E-state index is 0.142. The van der Waals surface area contributed by atoms with E-state index in [9.17, 15) is 14.7 Å². The molecule has 2 N–H and O–H groups in total. The Hall–Kier alpha value is -3.35. The zero-order valence-electron chi connectivity index (χ0n) is 14.6. The molecule has 0 aliphatic carbocycles. The molecule has 1 atom stereocenters. The molecule has 3 rings (SSSR count). The van der Waals surface area contributed by atoms with Crippen molar-refractivity contribution in [1.29, 1.82) is 0 Å². The summed E-state index contributed by atoms with van der Waals surface area (Å²) in [6.07, 6.45) is 3.20. The average Bonchev–Trinajstić information content (AvgIpc) is 3.07. The monoisotopic (exact) mass is 352 g/mol. The normalized spacial score (nSPS) is 11.9. The summed E-state index contributed by atoms with van der Waals surface area (Å²) < 4.78 is 1.61. The van der Waals surface area contributed by atoms with E-state index in [-0.39, 0.29) is 6.54 Å². The summed E-state index contributed by atoms with van der Waals surface area (Å²) >= 11 is 0. The van der Waals surface area contributed by atoms with Gasteiger partial charge in [-0.1, -0.05) is 24.3 Å². The summed E-state index contributed by atoms with van der Waals surface area (Å²) in [5, 5.41) is 16.3. The van der Waals surface area contributed by atoms with Crippen LogP contribution >= 0.6 is 0 Å². The van der Waals surface area contributed by atoms with Crippen LogP contribution in [0.15, 0.2) is 54.9 Å². The highest BCUT2D eigenvalue weighted by Gasteiger charge is 2.24. The number of aromatic nitrogens is 2. The second kappa shape index (κ2) is 7.26. The molecule has 0 saturated heterocycles. The number of nitrogens with one attached hydrogen (secondary N) is 1. The van der Waals surface area contributed by atoms with Gasteiger partial charge in [0.2, 0.25) is 0 Å². The number of rotatable bonds is 6. The van der Waals surface area contributed by atoms with E-state index in [1.54, 1.807) is 22.7 Å². The van der Waals surface area contributed by atoms with Crippen LogP contribution in [0.2, 0.25) is 0 Å². The Bertz CT molecular complexity index is 936. The lowest BCUT2D eigenvalue weighted by Crippen LogP contribution is -2.47. The first-order valence-corrected chi connectivity index (χ1v) is 8.20. The number of carboxylic acid groups (broad SMARTS) is 1. The molecule has 134 valence electrons. The highest BCUT2D eigenvalue weighted by atomic mass is 16.4. The molecule has 7 heteroatoms. The number of nitrogens with zero attached hydrogens (tertiary/aromatic N) is 3. The molecule has 3 aromatic rings. The van der Waals surface area contributed by atoms with Gasteiger partial charge in [0.05, 0.1) is 17.3 Å². The van der Waals surface area contributed by atoms with E-state index in [1.165, 1.54) is 6.20 Å². The fourth-order valence-electron chi connectivity index (χ4n) is 2.87. The van der Waals surface area contributed by atoms with Gasteiger partial charge in [0, 0.05) is 25.5 Å². The maximum absolute atomic E-state index is 12.7. The number of likely N-dealkylation sites (N-methyl/N-ethyl adjacent to an activating group) is 1. The Morgan fingerprint density at radius 2 is 1.96 bits per heavy atom. The highest BCUT2D eigenvalue weighted by Crippen LogP contribution is 2.16. The van der Waals surface area contributed by atoms with Crippen LogP contribution in [0.25, 0.3) is 5.52 Å². The fraction of sp³-hybridized carbons (Fsp3) is 0.211. The lowest BCUT2D eigenvalue weighted by molar-refractivity contribution is -0.138. The number of aliphatic carboxylic acids is 1. The Labute approximate surface area is 150 Å². The van der Waals surface area contributed by atoms with Gasteiger partial charge in [-0.2, -0.15) is 5.10 Å². The zero-order valence-corrected chi connectivity index (χ0v) is 14.6. The average molecular weight is 352 g/mol. The maximum atomic E-state index is 12.7. The second-order valence-electron chi connectivity index (χ2n) is 6.12. The van der Waals surface area contributed by atoms with Gasteiger partial charge in [-0.05, 0) is 30.7 Å². The van der Waals surface area contributed by atoms with Crippen molar-refractivity contribution in [1.82, 2.24) is 14.9 Å². The molecule has 0 saturated carbocycles. The number of pyridine rings is 1. The quantitative estimate of drug-likeness (QED) is 0.708. The van der Waals surface area contributed by atoms with Gasteiger partial charge in [0.15, 0.2) is 0 Å². The SMILES string of the molecule is Cc1cccn2ncc(C(=O)NC(CN(C)c3ccccc3)C(=O)O)c12. The van der Waals surface area contributed by atoms with E-state index in [1.807, 2.05) is 49.4 Å². The Morgan fingerprint density at radius 3 is 2.65 bits per heavy atom. The number of fused-ring (bicyclic) bond motifs is 1. The highest BCUT2D eigenvalue weighted by molar-refractivity contribution is 6.02. The number of carbonyl (C=O) groups is 2. The standard InChI is InChI=1S/C19H20N4O3/c1-13-7-6-10-23-17(13)15(11-20-23)18(24)21-16(19(25)26)12-22(2)14-8-4-3-5-9-14/h3-11,16H,12H2,1-2H3,(H,21,24)(H,25,26). The third-order valence-corrected chi connectivity index (χ3v) is 4.24. The van der Waals surface area contributed by atoms with Crippen LogP contribution in [0.3, 0.4) is 0 Å². The van der Waals surface area contributed by atoms with Crippen LogP contribution < -0.4 is 10.2 Å². The zero-order chi connectivity index (χ0) is 18.7. The Kier molecular flexibility index (Phi) is 4.88. The maximum Gasteiger partial charge on any atom is 0.328 e. The third kappa shape index (κ3) is 3.51. The molecule has 1 aromatic carbocycles. The molecule has 0 spiro atoms. The number of benzene rings is 1. The van der Waals surface area contributed by atoms with E-state index >= 15 is 0 Å². The number of carboxylic acids is 1. The molecule has 0 aliphatic rings. The first-order chi connectivity index (χ1) is 12.5. The fourth-order valence-corrected chi connectivity index (χ4v) is 2.87. The van der Waals surface area contributed by atoms with Crippen molar-refractivity contribution in [2.75, 3.05) is 18.5 Å². The number of anilines is 1. The Morgan fingerprint density at radius 1 is 1.23 bits per heavy atom. The van der Waals surface area contributed by atoms with E-state index in [4.69, 9.17) is 0 Å². The van der Waals surface area contributed by atoms with E-state index < -0.39 is 17.9 Å².